The van der Waals surface area contributed by atoms with Crippen LogP contribution in [0.4, 0.5) is 0 Å². The molecule has 0 fully saturated rings. The summed E-state index contributed by atoms with van der Waals surface area (Å²) in [5.74, 6) is 0.984. The Labute approximate surface area is 147 Å². The van der Waals surface area contributed by atoms with Crippen LogP contribution in [0.15, 0.2) is 67.3 Å². The first kappa shape index (κ1) is 16.9. The average Bonchev–Trinajstić information content (AvgIpc) is 3.05. The van der Waals surface area contributed by atoms with Gasteiger partial charge in [0.05, 0.1) is 12.5 Å². The molecule has 2 aromatic heterocycles. The third-order valence-electron chi connectivity index (χ3n) is 4.21. The van der Waals surface area contributed by atoms with Gasteiger partial charge in [0.2, 0.25) is 5.91 Å². The zero-order valence-electron chi connectivity index (χ0n) is 14.3. The van der Waals surface area contributed by atoms with Gasteiger partial charge in [-0.2, -0.15) is 0 Å². The Morgan fingerprint density at radius 3 is 2.68 bits per heavy atom. The summed E-state index contributed by atoms with van der Waals surface area (Å²) in [5.41, 5.74) is 2.03. The maximum absolute atomic E-state index is 12.5. The first-order chi connectivity index (χ1) is 12.2. The number of hydrogen-bond acceptors (Lipinski definition) is 3. The number of carbonyl (C=O) groups is 1. The summed E-state index contributed by atoms with van der Waals surface area (Å²) in [6, 6.07) is 13.8. The van der Waals surface area contributed by atoms with E-state index in [2.05, 4.69) is 32.0 Å². The number of rotatable bonds is 7. The number of pyridine rings is 1. The highest BCUT2D eigenvalue weighted by Crippen LogP contribution is 2.18. The van der Waals surface area contributed by atoms with Gasteiger partial charge >= 0.3 is 0 Å². The number of nitrogens with zero attached hydrogens (tertiary/aromatic N) is 3. The first-order valence-electron chi connectivity index (χ1n) is 8.43. The first-order valence-corrected chi connectivity index (χ1v) is 8.43. The Kier molecular flexibility index (Phi) is 5.57. The van der Waals surface area contributed by atoms with E-state index in [0.29, 0.717) is 6.42 Å². The molecule has 0 saturated heterocycles. The van der Waals surface area contributed by atoms with E-state index in [1.54, 1.807) is 18.6 Å². The van der Waals surface area contributed by atoms with Crippen LogP contribution in [0.1, 0.15) is 29.4 Å². The Hall–Kier alpha value is -2.95. The molecule has 3 rings (SSSR count). The molecule has 1 N–H and O–H groups in total. The lowest BCUT2D eigenvalue weighted by Crippen LogP contribution is -2.30. The van der Waals surface area contributed by atoms with E-state index in [0.717, 1.165) is 29.9 Å². The molecular formula is C20H22N4O. The molecule has 1 atom stereocenters. The second kappa shape index (κ2) is 8.24. The molecule has 3 aromatic rings. The van der Waals surface area contributed by atoms with Crippen molar-refractivity contribution in [2.45, 2.75) is 32.4 Å². The van der Waals surface area contributed by atoms with Gasteiger partial charge in [-0.25, -0.2) is 4.98 Å². The standard InChI is InChI=1S/C20H22N4O/c1-16-22-11-13-24(16)12-9-19(18-7-3-2-4-8-18)23-20(25)14-17-6-5-10-21-15-17/h2-8,10-11,13,15,19H,9,12,14H2,1H3,(H,23,25)/t19-/m0/s1. The summed E-state index contributed by atoms with van der Waals surface area (Å²) >= 11 is 0. The van der Waals surface area contributed by atoms with E-state index in [-0.39, 0.29) is 11.9 Å². The van der Waals surface area contributed by atoms with Crippen molar-refractivity contribution in [1.82, 2.24) is 19.9 Å². The second-order valence-electron chi connectivity index (χ2n) is 6.03. The summed E-state index contributed by atoms with van der Waals surface area (Å²) in [6.45, 7) is 2.79. The number of nitrogens with one attached hydrogen (secondary N) is 1. The van der Waals surface area contributed by atoms with Crippen molar-refractivity contribution < 1.29 is 4.79 Å². The molecule has 0 radical (unpaired) electrons. The second-order valence-corrected chi connectivity index (χ2v) is 6.03. The van der Waals surface area contributed by atoms with E-state index < -0.39 is 0 Å². The molecule has 0 aliphatic carbocycles. The van der Waals surface area contributed by atoms with Gasteiger partial charge in [0.25, 0.3) is 0 Å². The van der Waals surface area contributed by atoms with E-state index in [9.17, 15) is 4.79 Å². The molecule has 128 valence electrons. The third kappa shape index (κ3) is 4.76. The van der Waals surface area contributed by atoms with Crippen molar-refractivity contribution in [3.05, 3.63) is 84.2 Å². The van der Waals surface area contributed by atoms with Crippen LogP contribution in [0, 0.1) is 6.92 Å². The lowest BCUT2D eigenvalue weighted by Gasteiger charge is -2.20. The van der Waals surface area contributed by atoms with Crippen LogP contribution in [0.25, 0.3) is 0 Å². The van der Waals surface area contributed by atoms with Crippen LogP contribution in [0.3, 0.4) is 0 Å². The number of amides is 1. The van der Waals surface area contributed by atoms with E-state index >= 15 is 0 Å². The summed E-state index contributed by atoms with van der Waals surface area (Å²) in [5, 5.41) is 3.16. The van der Waals surface area contributed by atoms with Crippen molar-refractivity contribution in [3.8, 4) is 0 Å². The normalized spacial score (nSPS) is 11.9. The third-order valence-corrected chi connectivity index (χ3v) is 4.21. The molecule has 5 nitrogen and oxygen atoms in total. The fraction of sp³-hybridized carbons (Fsp3) is 0.250. The van der Waals surface area contributed by atoms with Gasteiger partial charge < -0.3 is 9.88 Å². The predicted molar refractivity (Wildman–Crippen MR) is 96.8 cm³/mol. The Balaban J connectivity index is 1.68. The summed E-state index contributed by atoms with van der Waals surface area (Å²) in [7, 11) is 0. The molecule has 25 heavy (non-hydrogen) atoms. The van der Waals surface area contributed by atoms with Crippen LogP contribution in [-0.2, 0) is 17.8 Å². The molecule has 2 heterocycles. The van der Waals surface area contributed by atoms with Crippen LogP contribution in [0.2, 0.25) is 0 Å². The van der Waals surface area contributed by atoms with Crippen LogP contribution in [-0.4, -0.2) is 20.4 Å². The van der Waals surface area contributed by atoms with Gasteiger partial charge in [-0.1, -0.05) is 36.4 Å². The van der Waals surface area contributed by atoms with E-state index in [1.807, 2.05) is 43.5 Å². The maximum Gasteiger partial charge on any atom is 0.224 e. The molecule has 1 amide bonds. The van der Waals surface area contributed by atoms with Crippen molar-refractivity contribution in [1.29, 1.82) is 0 Å². The van der Waals surface area contributed by atoms with Gasteiger partial charge in [0.15, 0.2) is 0 Å². The quantitative estimate of drug-likeness (QED) is 0.722. The lowest BCUT2D eigenvalue weighted by atomic mass is 10.0. The molecule has 0 bridgehead atoms. The molecule has 0 aliphatic rings. The van der Waals surface area contributed by atoms with Crippen LogP contribution in [0.5, 0.6) is 0 Å². The molecular weight excluding hydrogens is 312 g/mol. The number of aryl methyl sites for hydroxylation is 2. The molecule has 5 heteroatoms. The van der Waals surface area contributed by atoms with Crippen molar-refractivity contribution in [3.63, 3.8) is 0 Å². The number of aromatic nitrogens is 3. The zero-order chi connectivity index (χ0) is 17.5. The monoisotopic (exact) mass is 334 g/mol. The highest BCUT2D eigenvalue weighted by atomic mass is 16.1. The van der Waals surface area contributed by atoms with E-state index in [4.69, 9.17) is 0 Å². The van der Waals surface area contributed by atoms with Gasteiger partial charge in [-0.15, -0.1) is 0 Å². The van der Waals surface area contributed by atoms with Crippen LogP contribution >= 0.6 is 0 Å². The SMILES string of the molecule is Cc1nccn1CC[C@H](NC(=O)Cc1cccnc1)c1ccccc1. The van der Waals surface area contributed by atoms with Gasteiger partial charge in [-0.05, 0) is 30.5 Å². The van der Waals surface area contributed by atoms with Gasteiger partial charge in [-0.3, -0.25) is 9.78 Å². The largest absolute Gasteiger partial charge is 0.349 e. The fourth-order valence-corrected chi connectivity index (χ4v) is 2.85. The number of carbonyl (C=O) groups excluding carboxylic acids is 1. The summed E-state index contributed by atoms with van der Waals surface area (Å²) < 4.78 is 2.10. The molecule has 0 aliphatic heterocycles. The Bertz CT molecular complexity index is 799. The highest BCUT2D eigenvalue weighted by molar-refractivity contribution is 5.78. The van der Waals surface area contributed by atoms with Crippen molar-refractivity contribution in [2.24, 2.45) is 0 Å². The summed E-state index contributed by atoms with van der Waals surface area (Å²) in [6.07, 6.45) is 8.34. The highest BCUT2D eigenvalue weighted by Gasteiger charge is 2.15. The van der Waals surface area contributed by atoms with Gasteiger partial charge in [0.1, 0.15) is 5.82 Å². The lowest BCUT2D eigenvalue weighted by molar-refractivity contribution is -0.121. The van der Waals surface area contributed by atoms with Crippen molar-refractivity contribution >= 4 is 5.91 Å². The zero-order valence-corrected chi connectivity index (χ0v) is 14.3. The predicted octanol–water partition coefficient (Wildman–Crippen LogP) is 3.08. The smallest absolute Gasteiger partial charge is 0.224 e. The minimum atomic E-state index is -0.0350. The van der Waals surface area contributed by atoms with Crippen molar-refractivity contribution in [2.75, 3.05) is 0 Å². The topological polar surface area (TPSA) is 59.8 Å². The average molecular weight is 334 g/mol. The minimum Gasteiger partial charge on any atom is -0.349 e. The molecule has 0 spiro atoms. The number of imidazole rings is 1. The number of hydrogen-bond donors (Lipinski definition) is 1. The maximum atomic E-state index is 12.5. The summed E-state index contributed by atoms with van der Waals surface area (Å²) in [4.78, 5) is 20.8. The van der Waals surface area contributed by atoms with E-state index in [1.165, 1.54) is 0 Å². The Morgan fingerprint density at radius 1 is 1.16 bits per heavy atom. The van der Waals surface area contributed by atoms with Crippen LogP contribution < -0.4 is 5.32 Å². The molecule has 0 saturated carbocycles. The Morgan fingerprint density at radius 2 is 2.00 bits per heavy atom. The van der Waals surface area contributed by atoms with Gasteiger partial charge in [0, 0.05) is 31.3 Å². The molecule has 1 aromatic carbocycles. The fourth-order valence-electron chi connectivity index (χ4n) is 2.85. The molecule has 0 unspecified atom stereocenters. The minimum absolute atomic E-state index is 0.00389. The number of benzene rings is 1.